The van der Waals surface area contributed by atoms with Crippen molar-refractivity contribution in [2.75, 3.05) is 11.6 Å². The molecule has 1 aromatic carbocycles. The van der Waals surface area contributed by atoms with E-state index in [0.717, 1.165) is 17.7 Å². The summed E-state index contributed by atoms with van der Waals surface area (Å²) in [6.07, 6.45) is -8.44. The first-order valence-electron chi connectivity index (χ1n) is 7.07. The molecule has 0 spiro atoms. The summed E-state index contributed by atoms with van der Waals surface area (Å²) >= 11 is 0. The van der Waals surface area contributed by atoms with Gasteiger partial charge in [0.2, 0.25) is 5.95 Å². The number of nitrogens with zero attached hydrogens (tertiary/aromatic N) is 4. The van der Waals surface area contributed by atoms with Crippen molar-refractivity contribution in [3.05, 3.63) is 23.3 Å². The van der Waals surface area contributed by atoms with E-state index >= 15 is 0 Å². The minimum atomic E-state index is -4.92. The van der Waals surface area contributed by atoms with Crippen LogP contribution in [0.4, 0.5) is 23.5 Å². The van der Waals surface area contributed by atoms with E-state index in [1.54, 1.807) is 0 Å². The molecule has 0 bridgehead atoms. The van der Waals surface area contributed by atoms with Crippen LogP contribution in [0.1, 0.15) is 15.9 Å². The number of hydrogen-bond acceptors (Lipinski definition) is 7. The molecule has 2 rings (SSSR count). The van der Waals surface area contributed by atoms with Gasteiger partial charge in [-0.1, -0.05) is 5.10 Å². The van der Waals surface area contributed by atoms with E-state index in [1.807, 2.05) is 0 Å². The predicted octanol–water partition coefficient (Wildman–Crippen LogP) is 1.41. The number of alkyl halides is 4. The third kappa shape index (κ3) is 4.32. The zero-order chi connectivity index (χ0) is 20.6. The number of benzene rings is 1. The Bertz CT molecular complexity index is 977. The van der Waals surface area contributed by atoms with Crippen molar-refractivity contribution in [3.8, 4) is 5.75 Å². The Morgan fingerprint density at radius 1 is 1.33 bits per heavy atom. The lowest BCUT2D eigenvalue weighted by Gasteiger charge is -2.20. The number of sulfone groups is 1. The standard InChI is InChI=1S/C13H13F4N5O4S/c1-6-7(10(23)18-12-19-20-21-22(12)2)4-5-8(9(6)27(3,24)25)26-13(16,17)11(14)15/h4-5,11H,1-3H3,(H,18,19,21,23). The highest BCUT2D eigenvalue weighted by Crippen LogP contribution is 2.35. The highest BCUT2D eigenvalue weighted by molar-refractivity contribution is 7.90. The second-order valence-electron chi connectivity index (χ2n) is 5.38. The van der Waals surface area contributed by atoms with Gasteiger partial charge in [-0.05, 0) is 35.0 Å². The van der Waals surface area contributed by atoms with Crippen LogP contribution >= 0.6 is 0 Å². The molecule has 0 radical (unpaired) electrons. The van der Waals surface area contributed by atoms with Crippen LogP contribution in [-0.2, 0) is 16.9 Å². The Kier molecular flexibility index (Phi) is 5.40. The maximum Gasteiger partial charge on any atom is 0.461 e. The van der Waals surface area contributed by atoms with Gasteiger partial charge in [0.1, 0.15) is 10.6 Å². The summed E-state index contributed by atoms with van der Waals surface area (Å²) in [5.74, 6) is -1.91. The molecule has 0 unspecified atom stereocenters. The Balaban J connectivity index is 2.51. The summed E-state index contributed by atoms with van der Waals surface area (Å²) in [5.41, 5.74) is -0.501. The normalized spacial score (nSPS) is 12.3. The molecule has 1 amide bonds. The van der Waals surface area contributed by atoms with E-state index in [9.17, 15) is 30.8 Å². The average Bonchev–Trinajstić information content (AvgIpc) is 2.90. The van der Waals surface area contributed by atoms with Crippen molar-refractivity contribution in [2.24, 2.45) is 7.05 Å². The number of tetrazole rings is 1. The summed E-state index contributed by atoms with van der Waals surface area (Å²) in [7, 11) is -2.79. The lowest BCUT2D eigenvalue weighted by Crippen LogP contribution is -2.34. The zero-order valence-corrected chi connectivity index (χ0v) is 14.9. The summed E-state index contributed by atoms with van der Waals surface area (Å²) in [6.45, 7) is 1.15. The summed E-state index contributed by atoms with van der Waals surface area (Å²) in [5, 5.41) is 12.6. The lowest BCUT2D eigenvalue weighted by atomic mass is 10.1. The van der Waals surface area contributed by atoms with Crippen molar-refractivity contribution in [3.63, 3.8) is 0 Å². The van der Waals surface area contributed by atoms with Crippen LogP contribution in [-0.4, -0.2) is 53.3 Å². The van der Waals surface area contributed by atoms with Crippen molar-refractivity contribution >= 4 is 21.7 Å². The topological polar surface area (TPSA) is 116 Å². The quantitative estimate of drug-likeness (QED) is 0.715. The number of aromatic nitrogens is 4. The number of amides is 1. The fraction of sp³-hybridized carbons (Fsp3) is 0.385. The summed E-state index contributed by atoms with van der Waals surface area (Å²) in [6, 6.07) is 1.66. The molecule has 14 heteroatoms. The van der Waals surface area contributed by atoms with E-state index in [4.69, 9.17) is 0 Å². The van der Waals surface area contributed by atoms with Crippen molar-refractivity contribution in [2.45, 2.75) is 24.4 Å². The van der Waals surface area contributed by atoms with E-state index in [2.05, 4.69) is 25.6 Å². The smallest absolute Gasteiger partial charge is 0.427 e. The molecule has 0 atom stereocenters. The molecule has 1 heterocycles. The van der Waals surface area contributed by atoms with Gasteiger partial charge < -0.3 is 4.74 Å². The Morgan fingerprint density at radius 3 is 2.44 bits per heavy atom. The van der Waals surface area contributed by atoms with Gasteiger partial charge >= 0.3 is 12.5 Å². The van der Waals surface area contributed by atoms with E-state index in [1.165, 1.54) is 7.05 Å². The van der Waals surface area contributed by atoms with Crippen LogP contribution in [0.3, 0.4) is 0 Å². The molecule has 0 aliphatic heterocycles. The SMILES string of the molecule is Cc1c(C(=O)Nc2nnnn2C)ccc(OC(F)(F)C(F)F)c1S(C)(=O)=O. The second kappa shape index (κ2) is 7.09. The number of halogens is 4. The van der Waals surface area contributed by atoms with E-state index in [0.29, 0.717) is 12.3 Å². The van der Waals surface area contributed by atoms with Gasteiger partial charge in [0.05, 0.1) is 0 Å². The molecule has 2 aromatic rings. The van der Waals surface area contributed by atoms with Crippen LogP contribution in [0.15, 0.2) is 17.0 Å². The van der Waals surface area contributed by atoms with Crippen molar-refractivity contribution in [1.29, 1.82) is 0 Å². The fourth-order valence-electron chi connectivity index (χ4n) is 2.15. The number of carbonyl (C=O) groups is 1. The minimum absolute atomic E-state index is 0.0649. The number of carbonyl (C=O) groups excluding carboxylic acids is 1. The van der Waals surface area contributed by atoms with Gasteiger partial charge in [-0.25, -0.2) is 13.1 Å². The molecule has 148 valence electrons. The molecule has 0 saturated carbocycles. The highest BCUT2D eigenvalue weighted by atomic mass is 32.2. The van der Waals surface area contributed by atoms with Gasteiger partial charge in [-0.2, -0.15) is 17.6 Å². The molecule has 1 N–H and O–H groups in total. The molecule has 1 aromatic heterocycles. The first-order valence-corrected chi connectivity index (χ1v) is 8.96. The third-order valence-electron chi connectivity index (χ3n) is 3.33. The molecule has 0 aliphatic rings. The van der Waals surface area contributed by atoms with Crippen LogP contribution in [0.5, 0.6) is 5.75 Å². The van der Waals surface area contributed by atoms with Crippen LogP contribution in [0, 0.1) is 6.92 Å². The van der Waals surface area contributed by atoms with Crippen LogP contribution < -0.4 is 10.1 Å². The number of rotatable bonds is 6. The first-order chi connectivity index (χ1) is 12.3. The number of aryl methyl sites for hydroxylation is 1. The number of hydrogen-bond donors (Lipinski definition) is 1. The molecular weight excluding hydrogens is 398 g/mol. The average molecular weight is 411 g/mol. The molecule has 27 heavy (non-hydrogen) atoms. The number of anilines is 1. The van der Waals surface area contributed by atoms with Crippen LogP contribution in [0.25, 0.3) is 0 Å². The fourth-order valence-corrected chi connectivity index (χ4v) is 3.29. The summed E-state index contributed by atoms with van der Waals surface area (Å²) < 4.78 is 80.2. The number of ether oxygens (including phenoxy) is 1. The number of nitrogens with one attached hydrogen (secondary N) is 1. The molecule has 9 nitrogen and oxygen atoms in total. The van der Waals surface area contributed by atoms with Gasteiger partial charge in [-0.15, -0.1) is 0 Å². The maximum atomic E-state index is 13.2. The predicted molar refractivity (Wildman–Crippen MR) is 82.6 cm³/mol. The molecule has 0 aliphatic carbocycles. The highest BCUT2D eigenvalue weighted by Gasteiger charge is 2.45. The second-order valence-corrected chi connectivity index (χ2v) is 7.33. The maximum absolute atomic E-state index is 13.2. The first kappa shape index (κ1) is 20.5. The van der Waals surface area contributed by atoms with E-state index in [-0.39, 0.29) is 17.1 Å². The van der Waals surface area contributed by atoms with Gasteiger partial charge in [0.15, 0.2) is 9.84 Å². The van der Waals surface area contributed by atoms with Crippen molar-refractivity contribution in [1.82, 2.24) is 20.2 Å². The zero-order valence-electron chi connectivity index (χ0n) is 14.1. The third-order valence-corrected chi connectivity index (χ3v) is 4.58. The Labute approximate surface area is 150 Å². The monoisotopic (exact) mass is 411 g/mol. The van der Waals surface area contributed by atoms with Crippen LogP contribution in [0.2, 0.25) is 0 Å². The van der Waals surface area contributed by atoms with Gasteiger partial charge in [0, 0.05) is 18.9 Å². The van der Waals surface area contributed by atoms with E-state index < -0.39 is 38.9 Å². The summed E-state index contributed by atoms with van der Waals surface area (Å²) in [4.78, 5) is 11.5. The Morgan fingerprint density at radius 2 is 1.96 bits per heavy atom. The van der Waals surface area contributed by atoms with Crippen molar-refractivity contribution < 1.29 is 35.5 Å². The van der Waals surface area contributed by atoms with Gasteiger partial charge in [-0.3, -0.25) is 10.1 Å². The molecule has 0 fully saturated rings. The minimum Gasteiger partial charge on any atom is -0.427 e. The van der Waals surface area contributed by atoms with Gasteiger partial charge in [0.25, 0.3) is 5.91 Å². The molecule has 0 saturated heterocycles. The Hall–Kier alpha value is -2.77. The largest absolute Gasteiger partial charge is 0.461 e. The lowest BCUT2D eigenvalue weighted by molar-refractivity contribution is -0.254. The molecular formula is C13H13F4N5O4S.